The average Bonchev–Trinajstić information content (AvgIpc) is 3.28. The number of aromatic nitrogens is 1. The Morgan fingerprint density at radius 2 is 2.19 bits per heavy atom. The minimum atomic E-state index is -0.781. The summed E-state index contributed by atoms with van der Waals surface area (Å²) < 4.78 is 5.65. The highest BCUT2D eigenvalue weighted by atomic mass is 16.4. The highest BCUT2D eigenvalue weighted by Gasteiger charge is 2.55. The summed E-state index contributed by atoms with van der Waals surface area (Å²) in [4.78, 5) is 30.5. The van der Waals surface area contributed by atoms with Gasteiger partial charge in [0.1, 0.15) is 5.76 Å². The van der Waals surface area contributed by atoms with E-state index < -0.39 is 11.4 Å². The highest BCUT2D eigenvalue weighted by molar-refractivity contribution is 5.91. The van der Waals surface area contributed by atoms with Crippen LogP contribution in [0.5, 0.6) is 0 Å². The van der Waals surface area contributed by atoms with Crippen LogP contribution in [0.2, 0.25) is 0 Å². The van der Waals surface area contributed by atoms with Gasteiger partial charge in [-0.2, -0.15) is 0 Å². The lowest BCUT2D eigenvalue weighted by atomic mass is 9.81. The van der Waals surface area contributed by atoms with Crippen LogP contribution in [0.25, 0.3) is 11.5 Å². The minimum absolute atomic E-state index is 0.0466. The molecule has 142 valence electrons. The van der Waals surface area contributed by atoms with Crippen molar-refractivity contribution >= 4 is 17.7 Å². The summed E-state index contributed by atoms with van der Waals surface area (Å²) in [5.41, 5.74) is 1.48. The number of amides is 2. The number of urea groups is 1. The molecule has 2 N–H and O–H groups in total. The predicted octanol–water partition coefficient (Wildman–Crippen LogP) is 3.68. The molecule has 1 saturated heterocycles. The van der Waals surface area contributed by atoms with Gasteiger partial charge in [-0.05, 0) is 50.8 Å². The van der Waals surface area contributed by atoms with Crippen LogP contribution in [0, 0.1) is 25.2 Å². The smallest absolute Gasteiger partial charge is 0.321 e. The van der Waals surface area contributed by atoms with E-state index in [9.17, 15) is 14.7 Å². The maximum atomic E-state index is 12.7. The molecule has 0 bridgehead atoms. The lowest BCUT2D eigenvalue weighted by Crippen LogP contribution is -2.38. The fourth-order valence-corrected chi connectivity index (χ4v) is 4.32. The van der Waals surface area contributed by atoms with Gasteiger partial charge in [0.05, 0.1) is 11.1 Å². The van der Waals surface area contributed by atoms with E-state index in [0.29, 0.717) is 24.5 Å². The molecular weight excluding hydrogens is 346 g/mol. The molecule has 0 unspecified atom stereocenters. The van der Waals surface area contributed by atoms with Gasteiger partial charge in [-0.25, -0.2) is 9.78 Å². The van der Waals surface area contributed by atoms with Crippen molar-refractivity contribution in [2.45, 2.75) is 33.1 Å². The topological polar surface area (TPSA) is 95.7 Å². The first kappa shape index (κ1) is 17.6. The number of rotatable bonds is 3. The third-order valence-corrected chi connectivity index (χ3v) is 5.97. The molecule has 7 heteroatoms. The first-order valence-electron chi connectivity index (χ1n) is 9.23. The summed E-state index contributed by atoms with van der Waals surface area (Å²) in [5.74, 6) is 0.547. The Hall–Kier alpha value is -2.83. The van der Waals surface area contributed by atoms with Crippen LogP contribution in [-0.4, -0.2) is 40.1 Å². The van der Waals surface area contributed by atoms with E-state index in [-0.39, 0.29) is 18.5 Å². The first-order valence-corrected chi connectivity index (χ1v) is 9.23. The highest BCUT2D eigenvalue weighted by Crippen LogP contribution is 2.48. The number of fused-ring (bicyclic) bond motifs is 1. The third-order valence-electron chi connectivity index (χ3n) is 5.97. The Balaban J connectivity index is 1.49. The molecule has 1 saturated carbocycles. The molecule has 2 amide bonds. The van der Waals surface area contributed by atoms with Crippen molar-refractivity contribution < 1.29 is 19.1 Å². The normalized spacial score (nSPS) is 24.1. The lowest BCUT2D eigenvalue weighted by molar-refractivity contribution is -0.149. The molecule has 1 aromatic carbocycles. The largest absolute Gasteiger partial charge is 0.481 e. The SMILES string of the molecule is Cc1nc(-c2cccc(NC(=O)N3C[C@@H]4CCC[C@@]4(C(=O)O)C3)c2)oc1C. The molecule has 2 atom stereocenters. The number of nitrogens with zero attached hydrogens (tertiary/aromatic N) is 2. The molecule has 0 spiro atoms. The number of nitrogens with one attached hydrogen (secondary N) is 1. The van der Waals surface area contributed by atoms with Crippen LogP contribution in [0.3, 0.4) is 0 Å². The molecule has 1 aliphatic carbocycles. The number of likely N-dealkylation sites (tertiary alicyclic amines) is 1. The molecular formula is C20H23N3O4. The molecule has 1 aliphatic heterocycles. The zero-order valence-corrected chi connectivity index (χ0v) is 15.5. The summed E-state index contributed by atoms with van der Waals surface area (Å²) >= 11 is 0. The fraction of sp³-hybridized carbons (Fsp3) is 0.450. The van der Waals surface area contributed by atoms with Gasteiger partial charge in [0.15, 0.2) is 0 Å². The molecule has 2 fully saturated rings. The third kappa shape index (κ3) is 2.97. The maximum Gasteiger partial charge on any atom is 0.321 e. The van der Waals surface area contributed by atoms with Gasteiger partial charge in [-0.3, -0.25) is 4.79 Å². The van der Waals surface area contributed by atoms with Crippen LogP contribution in [-0.2, 0) is 4.79 Å². The number of hydrogen-bond donors (Lipinski definition) is 2. The number of carboxylic acid groups (broad SMARTS) is 1. The molecule has 1 aromatic heterocycles. The Kier molecular flexibility index (Phi) is 4.17. The summed E-state index contributed by atoms with van der Waals surface area (Å²) in [6, 6.07) is 7.06. The number of aliphatic carboxylic acids is 1. The Bertz CT molecular complexity index is 887. The number of anilines is 1. The molecule has 2 heterocycles. The lowest BCUT2D eigenvalue weighted by Gasteiger charge is -2.23. The molecule has 2 aliphatic rings. The van der Waals surface area contributed by atoms with Crippen LogP contribution in [0.1, 0.15) is 30.7 Å². The van der Waals surface area contributed by atoms with Gasteiger partial charge >= 0.3 is 12.0 Å². The van der Waals surface area contributed by atoms with E-state index in [0.717, 1.165) is 29.9 Å². The van der Waals surface area contributed by atoms with E-state index in [4.69, 9.17) is 4.42 Å². The zero-order chi connectivity index (χ0) is 19.2. The van der Waals surface area contributed by atoms with E-state index >= 15 is 0 Å². The quantitative estimate of drug-likeness (QED) is 0.860. The van der Waals surface area contributed by atoms with Gasteiger partial charge < -0.3 is 19.7 Å². The standard InChI is InChI=1S/C20H23N3O4/c1-12-13(2)27-17(21-12)14-5-3-7-16(9-14)22-19(26)23-10-15-6-4-8-20(15,11-23)18(24)25/h3,5,7,9,15H,4,6,8,10-11H2,1-2H3,(H,22,26)(H,24,25)/t15-,20+/m0/s1. The number of carbonyl (C=O) groups is 2. The van der Waals surface area contributed by atoms with Crippen molar-refractivity contribution in [3.8, 4) is 11.5 Å². The van der Waals surface area contributed by atoms with Crippen LogP contribution in [0.4, 0.5) is 10.5 Å². The van der Waals surface area contributed by atoms with E-state index in [1.54, 1.807) is 11.0 Å². The van der Waals surface area contributed by atoms with Crippen molar-refractivity contribution in [3.63, 3.8) is 0 Å². The van der Waals surface area contributed by atoms with Crippen molar-refractivity contribution in [2.75, 3.05) is 18.4 Å². The molecule has 0 radical (unpaired) electrons. The van der Waals surface area contributed by atoms with Gasteiger partial charge in [-0.15, -0.1) is 0 Å². The zero-order valence-electron chi connectivity index (χ0n) is 15.5. The average molecular weight is 369 g/mol. The van der Waals surface area contributed by atoms with Gasteiger partial charge in [0, 0.05) is 24.3 Å². The number of carboxylic acids is 1. The number of oxazole rings is 1. The number of aryl methyl sites for hydroxylation is 2. The number of hydrogen-bond acceptors (Lipinski definition) is 4. The second kappa shape index (κ2) is 6.40. The molecule has 4 rings (SSSR count). The monoisotopic (exact) mass is 369 g/mol. The van der Waals surface area contributed by atoms with Gasteiger partial charge in [0.2, 0.25) is 5.89 Å². The fourth-order valence-electron chi connectivity index (χ4n) is 4.32. The second-order valence-electron chi connectivity index (χ2n) is 7.60. The molecule has 27 heavy (non-hydrogen) atoms. The van der Waals surface area contributed by atoms with Crippen molar-refractivity contribution in [2.24, 2.45) is 11.3 Å². The molecule has 2 aromatic rings. The first-order chi connectivity index (χ1) is 12.9. The van der Waals surface area contributed by atoms with Crippen molar-refractivity contribution in [1.29, 1.82) is 0 Å². The van der Waals surface area contributed by atoms with Crippen LogP contribution in [0.15, 0.2) is 28.7 Å². The van der Waals surface area contributed by atoms with E-state index in [1.165, 1.54) is 0 Å². The van der Waals surface area contributed by atoms with Gasteiger partial charge in [-0.1, -0.05) is 12.5 Å². The summed E-state index contributed by atoms with van der Waals surface area (Å²) in [6.45, 7) is 4.52. The van der Waals surface area contributed by atoms with E-state index in [1.807, 2.05) is 32.0 Å². The van der Waals surface area contributed by atoms with Crippen LogP contribution >= 0.6 is 0 Å². The number of benzene rings is 1. The Morgan fingerprint density at radius 3 is 2.85 bits per heavy atom. The van der Waals surface area contributed by atoms with Gasteiger partial charge in [0.25, 0.3) is 0 Å². The van der Waals surface area contributed by atoms with Crippen molar-refractivity contribution in [3.05, 3.63) is 35.7 Å². The van der Waals surface area contributed by atoms with Crippen LogP contribution < -0.4 is 5.32 Å². The number of carbonyl (C=O) groups excluding carboxylic acids is 1. The van der Waals surface area contributed by atoms with E-state index in [2.05, 4.69) is 10.3 Å². The maximum absolute atomic E-state index is 12.7. The Labute approximate surface area is 157 Å². The van der Waals surface area contributed by atoms with Crippen molar-refractivity contribution in [1.82, 2.24) is 9.88 Å². The summed E-state index contributed by atoms with van der Waals surface area (Å²) in [5, 5.41) is 12.6. The summed E-state index contributed by atoms with van der Waals surface area (Å²) in [6.07, 6.45) is 2.44. The second-order valence-corrected chi connectivity index (χ2v) is 7.60. The Morgan fingerprint density at radius 1 is 1.37 bits per heavy atom. The summed E-state index contributed by atoms with van der Waals surface area (Å²) in [7, 11) is 0. The minimum Gasteiger partial charge on any atom is -0.481 e. The molecule has 7 nitrogen and oxygen atoms in total. The predicted molar refractivity (Wildman–Crippen MR) is 99.4 cm³/mol.